The summed E-state index contributed by atoms with van der Waals surface area (Å²) in [5.74, 6) is -0.418. The lowest BCUT2D eigenvalue weighted by Crippen LogP contribution is -2.26. The Morgan fingerprint density at radius 2 is 2.05 bits per heavy atom. The van der Waals surface area contributed by atoms with Gasteiger partial charge in [0.05, 0.1) is 19.1 Å². The summed E-state index contributed by atoms with van der Waals surface area (Å²) >= 11 is 0. The van der Waals surface area contributed by atoms with Crippen molar-refractivity contribution in [2.24, 2.45) is 5.73 Å². The van der Waals surface area contributed by atoms with Gasteiger partial charge in [-0.15, -0.1) is 0 Å². The number of esters is 1. The molecule has 1 aromatic rings. The van der Waals surface area contributed by atoms with E-state index in [1.807, 2.05) is 0 Å². The molecule has 1 rings (SSSR count). The second-order valence-corrected chi connectivity index (χ2v) is 5.66. The first kappa shape index (κ1) is 16.4. The average molecular weight is 302 g/mol. The number of benzene rings is 1. The Balaban J connectivity index is 3.10. The van der Waals surface area contributed by atoms with Crippen molar-refractivity contribution in [3.63, 3.8) is 0 Å². The summed E-state index contributed by atoms with van der Waals surface area (Å²) in [7, 11) is -1.10. The number of methoxy groups -OCH3 is 2. The molecule has 3 N–H and O–H groups in total. The summed E-state index contributed by atoms with van der Waals surface area (Å²) in [6.07, 6.45) is 0.527. The van der Waals surface area contributed by atoms with Crippen LogP contribution in [-0.2, 0) is 14.8 Å². The topological polar surface area (TPSA) is 108 Å². The van der Waals surface area contributed by atoms with Gasteiger partial charge in [0.15, 0.2) is 0 Å². The van der Waals surface area contributed by atoms with Crippen LogP contribution in [-0.4, -0.2) is 41.7 Å². The van der Waals surface area contributed by atoms with Gasteiger partial charge in [-0.3, -0.25) is 0 Å². The molecule has 0 aliphatic carbocycles. The fourth-order valence-corrected chi connectivity index (χ4v) is 2.62. The third-order valence-corrected chi connectivity index (χ3v) is 4.02. The van der Waals surface area contributed by atoms with Crippen LogP contribution in [0.4, 0.5) is 0 Å². The zero-order chi connectivity index (χ0) is 15.2. The Kier molecular flexibility index (Phi) is 5.93. The lowest BCUT2D eigenvalue weighted by atomic mass is 10.2. The molecule has 0 radical (unpaired) electrons. The summed E-state index contributed by atoms with van der Waals surface area (Å²) in [6, 6.07) is 3.98. The van der Waals surface area contributed by atoms with Gasteiger partial charge < -0.3 is 15.2 Å². The Labute approximate surface area is 118 Å². The molecule has 0 saturated carbocycles. The maximum absolute atomic E-state index is 12.0. The third kappa shape index (κ3) is 3.92. The highest BCUT2D eigenvalue weighted by Gasteiger charge is 2.19. The highest BCUT2D eigenvalue weighted by Crippen LogP contribution is 2.23. The summed E-state index contributed by atoms with van der Waals surface area (Å²) in [5.41, 5.74) is 5.36. The predicted molar refractivity (Wildman–Crippen MR) is 73.2 cm³/mol. The Bertz CT molecular complexity index is 571. The van der Waals surface area contributed by atoms with E-state index in [0.29, 0.717) is 13.0 Å². The summed E-state index contributed by atoms with van der Waals surface area (Å²) < 4.78 is 36.0. The zero-order valence-electron chi connectivity index (χ0n) is 11.4. The van der Waals surface area contributed by atoms with Crippen molar-refractivity contribution < 1.29 is 22.7 Å². The van der Waals surface area contributed by atoms with Crippen molar-refractivity contribution in [3.8, 4) is 5.75 Å². The normalized spacial score (nSPS) is 11.2. The number of carbonyl (C=O) groups excluding carboxylic acids is 1. The smallest absolute Gasteiger partial charge is 0.341 e. The van der Waals surface area contributed by atoms with Crippen LogP contribution in [0, 0.1) is 0 Å². The first-order valence-electron chi connectivity index (χ1n) is 5.92. The molecule has 0 unspecified atom stereocenters. The highest BCUT2D eigenvalue weighted by molar-refractivity contribution is 7.89. The quantitative estimate of drug-likeness (QED) is 0.547. The Morgan fingerprint density at radius 3 is 2.60 bits per heavy atom. The molecule has 0 bridgehead atoms. The van der Waals surface area contributed by atoms with Crippen LogP contribution in [0.1, 0.15) is 16.8 Å². The van der Waals surface area contributed by atoms with Gasteiger partial charge in [0, 0.05) is 6.54 Å². The second kappa shape index (κ2) is 7.22. The number of hydrogen-bond donors (Lipinski definition) is 2. The van der Waals surface area contributed by atoms with E-state index in [-0.39, 0.29) is 22.8 Å². The van der Waals surface area contributed by atoms with Crippen molar-refractivity contribution in [3.05, 3.63) is 23.8 Å². The summed E-state index contributed by atoms with van der Waals surface area (Å²) in [5, 5.41) is 0. The van der Waals surface area contributed by atoms with Gasteiger partial charge in [0.1, 0.15) is 11.3 Å². The van der Waals surface area contributed by atoms with E-state index in [1.54, 1.807) is 0 Å². The van der Waals surface area contributed by atoms with Crippen molar-refractivity contribution in [1.29, 1.82) is 0 Å². The van der Waals surface area contributed by atoms with Gasteiger partial charge in [-0.05, 0) is 31.2 Å². The van der Waals surface area contributed by atoms with Crippen molar-refractivity contribution in [2.75, 3.05) is 27.3 Å². The van der Waals surface area contributed by atoms with Crippen molar-refractivity contribution in [1.82, 2.24) is 4.72 Å². The van der Waals surface area contributed by atoms with E-state index < -0.39 is 16.0 Å². The van der Waals surface area contributed by atoms with E-state index in [1.165, 1.54) is 32.4 Å². The maximum atomic E-state index is 12.0. The molecule has 8 heteroatoms. The largest absolute Gasteiger partial charge is 0.496 e. The lowest BCUT2D eigenvalue weighted by Gasteiger charge is -2.10. The van der Waals surface area contributed by atoms with Crippen molar-refractivity contribution >= 4 is 16.0 Å². The molecule has 0 spiro atoms. The third-order valence-electron chi connectivity index (χ3n) is 2.56. The van der Waals surface area contributed by atoms with Gasteiger partial charge in [-0.2, -0.15) is 0 Å². The van der Waals surface area contributed by atoms with E-state index in [2.05, 4.69) is 9.46 Å². The minimum absolute atomic E-state index is 0.0317. The molecule has 0 fully saturated rings. The highest BCUT2D eigenvalue weighted by atomic mass is 32.2. The molecule has 0 aliphatic heterocycles. The number of carbonyl (C=O) groups is 1. The Hall–Kier alpha value is -1.64. The van der Waals surface area contributed by atoms with Crippen LogP contribution in [0.5, 0.6) is 5.75 Å². The van der Waals surface area contributed by atoms with Crippen LogP contribution in [0.3, 0.4) is 0 Å². The first-order chi connectivity index (χ1) is 9.46. The molecule has 0 heterocycles. The molecule has 20 heavy (non-hydrogen) atoms. The predicted octanol–water partition coefficient (Wildman–Crippen LogP) is 0.109. The van der Waals surface area contributed by atoms with Crippen LogP contribution in [0.2, 0.25) is 0 Å². The molecule has 0 amide bonds. The number of nitrogens with one attached hydrogen (secondary N) is 1. The molecule has 7 nitrogen and oxygen atoms in total. The molecule has 0 aromatic heterocycles. The van der Waals surface area contributed by atoms with Crippen molar-refractivity contribution in [2.45, 2.75) is 11.3 Å². The minimum Gasteiger partial charge on any atom is -0.496 e. The van der Waals surface area contributed by atoms with Gasteiger partial charge >= 0.3 is 5.97 Å². The SMILES string of the molecule is COC(=O)c1cc(S(=O)(=O)NCCCN)ccc1OC. The molecule has 1 aromatic carbocycles. The number of rotatable bonds is 7. The second-order valence-electron chi connectivity index (χ2n) is 3.89. The lowest BCUT2D eigenvalue weighted by molar-refractivity contribution is 0.0597. The van der Waals surface area contributed by atoms with E-state index in [9.17, 15) is 13.2 Å². The Morgan fingerprint density at radius 1 is 1.35 bits per heavy atom. The molecule has 0 aliphatic rings. The molecule has 0 atom stereocenters. The molecule has 112 valence electrons. The van der Waals surface area contributed by atoms with Crippen LogP contribution >= 0.6 is 0 Å². The number of hydrogen-bond acceptors (Lipinski definition) is 6. The average Bonchev–Trinajstić information content (AvgIpc) is 2.45. The van der Waals surface area contributed by atoms with Crippen LogP contribution in [0.25, 0.3) is 0 Å². The standard InChI is InChI=1S/C12H18N2O5S/c1-18-11-5-4-9(8-10(11)12(15)19-2)20(16,17)14-7-3-6-13/h4-5,8,14H,3,6-7,13H2,1-2H3. The van der Waals surface area contributed by atoms with E-state index in [4.69, 9.17) is 10.5 Å². The monoisotopic (exact) mass is 302 g/mol. The molecular formula is C12H18N2O5S. The maximum Gasteiger partial charge on any atom is 0.341 e. The fraction of sp³-hybridized carbons (Fsp3) is 0.417. The molecule has 0 saturated heterocycles. The van der Waals surface area contributed by atoms with E-state index in [0.717, 1.165) is 0 Å². The number of sulfonamides is 1. The van der Waals surface area contributed by atoms with Gasteiger partial charge in [-0.25, -0.2) is 17.9 Å². The number of nitrogens with two attached hydrogens (primary N) is 1. The zero-order valence-corrected chi connectivity index (χ0v) is 12.2. The summed E-state index contributed by atoms with van der Waals surface area (Å²) in [6.45, 7) is 0.622. The minimum atomic E-state index is -3.69. The van der Waals surface area contributed by atoms with E-state index >= 15 is 0 Å². The molecular weight excluding hydrogens is 284 g/mol. The van der Waals surface area contributed by atoms with Crippen LogP contribution < -0.4 is 15.2 Å². The number of ether oxygens (including phenoxy) is 2. The van der Waals surface area contributed by atoms with Crippen LogP contribution in [0.15, 0.2) is 23.1 Å². The summed E-state index contributed by atoms with van der Waals surface area (Å²) in [4.78, 5) is 11.6. The first-order valence-corrected chi connectivity index (χ1v) is 7.40. The van der Waals surface area contributed by atoms with Gasteiger partial charge in [0.25, 0.3) is 0 Å². The fourth-order valence-electron chi connectivity index (χ4n) is 1.52. The van der Waals surface area contributed by atoms with Gasteiger partial charge in [0.2, 0.25) is 10.0 Å². The van der Waals surface area contributed by atoms with Gasteiger partial charge in [-0.1, -0.05) is 0 Å².